The Balaban J connectivity index is 2.61. The third-order valence-corrected chi connectivity index (χ3v) is 4.80. The molecule has 0 unspecified atom stereocenters. The Morgan fingerprint density at radius 3 is 2.11 bits per heavy atom. The second-order valence-corrected chi connectivity index (χ2v) is 5.58. The van der Waals surface area contributed by atoms with Crippen molar-refractivity contribution in [2.75, 3.05) is 12.4 Å². The van der Waals surface area contributed by atoms with Crippen LogP contribution in [0, 0.1) is 19.3 Å². The van der Waals surface area contributed by atoms with E-state index in [1.165, 1.54) is 16.7 Å². The molecule has 1 rings (SSSR count). The van der Waals surface area contributed by atoms with Gasteiger partial charge in [0.15, 0.2) is 0 Å². The number of halogens is 1. The first kappa shape index (κ1) is 15.5. The van der Waals surface area contributed by atoms with Gasteiger partial charge in [-0.2, -0.15) is 0 Å². The summed E-state index contributed by atoms with van der Waals surface area (Å²) in [5.74, 6) is 0.736. The Morgan fingerprint density at radius 2 is 1.67 bits per heavy atom. The van der Waals surface area contributed by atoms with Gasteiger partial charge >= 0.3 is 0 Å². The predicted octanol–water partition coefficient (Wildman–Crippen LogP) is 4.44. The lowest BCUT2D eigenvalue weighted by Gasteiger charge is -2.29. The molecule has 1 aromatic carbocycles. The van der Waals surface area contributed by atoms with Gasteiger partial charge in [-0.05, 0) is 48.8 Å². The van der Waals surface area contributed by atoms with Crippen LogP contribution in [0.4, 0.5) is 0 Å². The van der Waals surface area contributed by atoms with Crippen LogP contribution >= 0.6 is 11.6 Å². The SMILES string of the molecule is CCC(CC)(CCl)CNCc1c(C)cccc1C. The normalized spacial score (nSPS) is 11.8. The number of alkyl halides is 1. The molecule has 0 saturated carbocycles. The van der Waals surface area contributed by atoms with E-state index in [2.05, 4.69) is 51.2 Å². The standard InChI is InChI=1S/C16H26ClN/c1-5-16(6-2,11-17)12-18-10-15-13(3)8-7-9-14(15)4/h7-9,18H,5-6,10-12H2,1-4H3. The van der Waals surface area contributed by atoms with E-state index >= 15 is 0 Å². The van der Waals surface area contributed by atoms with Crippen LogP contribution in [0.25, 0.3) is 0 Å². The summed E-state index contributed by atoms with van der Waals surface area (Å²) in [6, 6.07) is 6.48. The Morgan fingerprint density at radius 1 is 1.11 bits per heavy atom. The Labute approximate surface area is 117 Å². The first-order valence-electron chi connectivity index (χ1n) is 6.90. The summed E-state index contributed by atoms with van der Waals surface area (Å²) in [5, 5.41) is 3.59. The monoisotopic (exact) mass is 267 g/mol. The number of hydrogen-bond acceptors (Lipinski definition) is 1. The van der Waals surface area contributed by atoms with Crippen LogP contribution in [0.5, 0.6) is 0 Å². The highest BCUT2D eigenvalue weighted by Gasteiger charge is 2.24. The summed E-state index contributed by atoms with van der Waals surface area (Å²) in [4.78, 5) is 0. The summed E-state index contributed by atoms with van der Waals surface area (Å²) in [5.41, 5.74) is 4.41. The number of aryl methyl sites for hydroxylation is 2. The van der Waals surface area contributed by atoms with Gasteiger partial charge in [-0.25, -0.2) is 0 Å². The van der Waals surface area contributed by atoms with E-state index in [1.54, 1.807) is 0 Å². The van der Waals surface area contributed by atoms with Crippen LogP contribution < -0.4 is 5.32 Å². The number of hydrogen-bond donors (Lipinski definition) is 1. The van der Waals surface area contributed by atoms with Crippen molar-refractivity contribution in [3.05, 3.63) is 34.9 Å². The van der Waals surface area contributed by atoms with E-state index in [-0.39, 0.29) is 5.41 Å². The molecule has 0 amide bonds. The zero-order valence-electron chi connectivity index (χ0n) is 12.1. The number of rotatable bonds is 7. The van der Waals surface area contributed by atoms with Crippen molar-refractivity contribution in [2.24, 2.45) is 5.41 Å². The van der Waals surface area contributed by atoms with Crippen molar-refractivity contribution in [1.82, 2.24) is 5.32 Å². The van der Waals surface area contributed by atoms with Gasteiger partial charge in [0.25, 0.3) is 0 Å². The lowest BCUT2D eigenvalue weighted by Crippen LogP contribution is -2.35. The Hall–Kier alpha value is -0.530. The van der Waals surface area contributed by atoms with E-state index in [4.69, 9.17) is 11.6 Å². The van der Waals surface area contributed by atoms with Crippen molar-refractivity contribution in [3.8, 4) is 0 Å². The molecule has 1 aromatic rings. The fourth-order valence-corrected chi connectivity index (χ4v) is 2.79. The molecule has 0 fully saturated rings. The molecule has 0 aliphatic rings. The zero-order valence-corrected chi connectivity index (χ0v) is 12.9. The molecular weight excluding hydrogens is 242 g/mol. The topological polar surface area (TPSA) is 12.0 Å². The molecule has 0 bridgehead atoms. The summed E-state index contributed by atoms with van der Waals surface area (Å²) in [6.45, 7) is 10.8. The first-order valence-corrected chi connectivity index (χ1v) is 7.43. The second kappa shape index (κ2) is 7.16. The van der Waals surface area contributed by atoms with Crippen LogP contribution in [-0.2, 0) is 6.54 Å². The van der Waals surface area contributed by atoms with Gasteiger partial charge in [0.2, 0.25) is 0 Å². The summed E-state index contributed by atoms with van der Waals surface area (Å²) < 4.78 is 0. The molecule has 102 valence electrons. The van der Waals surface area contributed by atoms with Gasteiger partial charge < -0.3 is 5.32 Å². The van der Waals surface area contributed by atoms with E-state index in [0.29, 0.717) is 0 Å². The van der Waals surface area contributed by atoms with Crippen molar-refractivity contribution >= 4 is 11.6 Å². The van der Waals surface area contributed by atoms with Crippen LogP contribution in [0.2, 0.25) is 0 Å². The van der Waals surface area contributed by atoms with Crippen molar-refractivity contribution in [1.29, 1.82) is 0 Å². The van der Waals surface area contributed by atoms with Crippen LogP contribution in [-0.4, -0.2) is 12.4 Å². The molecule has 0 atom stereocenters. The van der Waals surface area contributed by atoms with Gasteiger partial charge in [-0.1, -0.05) is 32.0 Å². The number of benzene rings is 1. The van der Waals surface area contributed by atoms with Crippen molar-refractivity contribution in [3.63, 3.8) is 0 Å². The van der Waals surface area contributed by atoms with Gasteiger partial charge in [0.05, 0.1) is 0 Å². The van der Waals surface area contributed by atoms with Crippen molar-refractivity contribution < 1.29 is 0 Å². The number of nitrogens with one attached hydrogen (secondary N) is 1. The van der Waals surface area contributed by atoms with E-state index in [0.717, 1.165) is 31.8 Å². The molecular formula is C16H26ClN. The zero-order chi connectivity index (χ0) is 13.6. The largest absolute Gasteiger partial charge is 0.312 e. The molecule has 18 heavy (non-hydrogen) atoms. The molecule has 0 heterocycles. The average molecular weight is 268 g/mol. The highest BCUT2D eigenvalue weighted by molar-refractivity contribution is 6.18. The third-order valence-electron chi connectivity index (χ3n) is 4.23. The fraction of sp³-hybridized carbons (Fsp3) is 0.625. The summed E-state index contributed by atoms with van der Waals surface area (Å²) >= 11 is 6.13. The van der Waals surface area contributed by atoms with E-state index in [1.807, 2.05) is 0 Å². The second-order valence-electron chi connectivity index (χ2n) is 5.31. The van der Waals surface area contributed by atoms with Gasteiger partial charge in [0.1, 0.15) is 0 Å². The van der Waals surface area contributed by atoms with Crippen LogP contribution in [0.15, 0.2) is 18.2 Å². The Kier molecular flexibility index (Phi) is 6.17. The maximum Gasteiger partial charge on any atom is 0.0291 e. The summed E-state index contributed by atoms with van der Waals surface area (Å²) in [7, 11) is 0. The maximum atomic E-state index is 6.13. The molecule has 2 heteroatoms. The molecule has 0 aromatic heterocycles. The minimum absolute atomic E-state index is 0.248. The predicted molar refractivity (Wildman–Crippen MR) is 81.4 cm³/mol. The molecule has 0 aliphatic carbocycles. The molecule has 0 spiro atoms. The van der Waals surface area contributed by atoms with Gasteiger partial charge in [-0.3, -0.25) is 0 Å². The first-order chi connectivity index (χ1) is 8.58. The fourth-order valence-electron chi connectivity index (χ4n) is 2.32. The third kappa shape index (κ3) is 3.73. The van der Waals surface area contributed by atoms with Gasteiger partial charge in [-0.15, -0.1) is 11.6 Å². The van der Waals surface area contributed by atoms with E-state index in [9.17, 15) is 0 Å². The van der Waals surface area contributed by atoms with Crippen LogP contribution in [0.1, 0.15) is 43.4 Å². The van der Waals surface area contributed by atoms with Crippen molar-refractivity contribution in [2.45, 2.75) is 47.1 Å². The van der Waals surface area contributed by atoms with Gasteiger partial charge in [0, 0.05) is 19.0 Å². The molecule has 1 nitrogen and oxygen atoms in total. The molecule has 0 saturated heterocycles. The highest BCUT2D eigenvalue weighted by atomic mass is 35.5. The Bertz CT molecular complexity index is 341. The van der Waals surface area contributed by atoms with Crippen LogP contribution in [0.3, 0.4) is 0 Å². The minimum Gasteiger partial charge on any atom is -0.312 e. The summed E-state index contributed by atoms with van der Waals surface area (Å²) in [6.07, 6.45) is 2.26. The lowest BCUT2D eigenvalue weighted by atomic mass is 9.84. The molecule has 0 aliphatic heterocycles. The smallest absolute Gasteiger partial charge is 0.0291 e. The minimum atomic E-state index is 0.248. The highest BCUT2D eigenvalue weighted by Crippen LogP contribution is 2.27. The molecule has 0 radical (unpaired) electrons. The average Bonchev–Trinajstić information content (AvgIpc) is 2.38. The van der Waals surface area contributed by atoms with E-state index < -0.39 is 0 Å². The quantitative estimate of drug-likeness (QED) is 0.721. The lowest BCUT2D eigenvalue weighted by molar-refractivity contribution is 0.286. The molecule has 1 N–H and O–H groups in total. The maximum absolute atomic E-state index is 6.13.